The molecule has 1 aromatic heterocycles. The number of carbonyl (C=O) groups is 1. The van der Waals surface area contributed by atoms with Gasteiger partial charge in [0.1, 0.15) is 18.1 Å². The van der Waals surface area contributed by atoms with Crippen LogP contribution >= 0.6 is 0 Å². The highest BCUT2D eigenvalue weighted by Crippen LogP contribution is 2.25. The van der Waals surface area contributed by atoms with Gasteiger partial charge in [-0.25, -0.2) is 0 Å². The van der Waals surface area contributed by atoms with E-state index in [1.165, 1.54) is 5.56 Å². The quantitative estimate of drug-likeness (QED) is 0.359. The van der Waals surface area contributed by atoms with Crippen LogP contribution in [-0.2, 0) is 12.0 Å². The summed E-state index contributed by atoms with van der Waals surface area (Å²) in [5.41, 5.74) is 4.29. The third-order valence-corrected chi connectivity index (χ3v) is 5.24. The predicted octanol–water partition coefficient (Wildman–Crippen LogP) is 7.08. The molecule has 0 radical (unpaired) electrons. The number of furan rings is 1. The zero-order valence-corrected chi connectivity index (χ0v) is 18.6. The molecule has 0 aliphatic rings. The smallest absolute Gasteiger partial charge is 0.291 e. The molecule has 1 amide bonds. The molecule has 0 saturated carbocycles. The van der Waals surface area contributed by atoms with Crippen molar-refractivity contribution in [3.63, 3.8) is 0 Å². The second-order valence-corrected chi connectivity index (χ2v) is 8.73. The fourth-order valence-corrected chi connectivity index (χ4v) is 3.35. The van der Waals surface area contributed by atoms with Crippen molar-refractivity contribution in [1.29, 1.82) is 0 Å². The molecule has 162 valence electrons. The van der Waals surface area contributed by atoms with Crippen molar-refractivity contribution < 1.29 is 13.9 Å². The van der Waals surface area contributed by atoms with Crippen molar-refractivity contribution in [3.8, 4) is 16.9 Å². The number of ether oxygens (including phenoxy) is 1. The summed E-state index contributed by atoms with van der Waals surface area (Å²) in [4.78, 5) is 12.5. The van der Waals surface area contributed by atoms with Crippen LogP contribution in [0, 0.1) is 0 Å². The van der Waals surface area contributed by atoms with E-state index in [-0.39, 0.29) is 23.7 Å². The summed E-state index contributed by atoms with van der Waals surface area (Å²) in [6, 6.07) is 29.3. The Labute approximate surface area is 188 Å². The number of benzene rings is 3. The first-order chi connectivity index (χ1) is 15.4. The molecule has 1 heterocycles. The Morgan fingerprint density at radius 2 is 1.47 bits per heavy atom. The molecule has 4 rings (SSSR count). The summed E-state index contributed by atoms with van der Waals surface area (Å²) >= 11 is 0. The van der Waals surface area contributed by atoms with E-state index < -0.39 is 0 Å². The molecule has 0 unspecified atom stereocenters. The van der Waals surface area contributed by atoms with Crippen molar-refractivity contribution in [1.82, 2.24) is 0 Å². The average Bonchev–Trinajstić information content (AvgIpc) is 3.28. The second kappa shape index (κ2) is 9.15. The highest BCUT2D eigenvalue weighted by molar-refractivity contribution is 6.02. The van der Waals surface area contributed by atoms with Crippen LogP contribution in [0.5, 0.6) is 5.75 Å². The molecule has 0 bridgehead atoms. The number of rotatable bonds is 6. The Balaban J connectivity index is 1.33. The number of amides is 1. The zero-order valence-electron chi connectivity index (χ0n) is 18.6. The normalized spacial score (nSPS) is 11.2. The molecule has 4 aromatic rings. The molecule has 4 nitrogen and oxygen atoms in total. The van der Waals surface area contributed by atoms with Gasteiger partial charge in [-0.1, -0.05) is 75.4 Å². The number of nitrogens with one attached hydrogen (secondary N) is 1. The van der Waals surface area contributed by atoms with Crippen molar-refractivity contribution in [2.45, 2.75) is 32.8 Å². The lowest BCUT2D eigenvalue weighted by atomic mass is 9.87. The Hall–Kier alpha value is -3.79. The van der Waals surface area contributed by atoms with Gasteiger partial charge in [0.2, 0.25) is 0 Å². The van der Waals surface area contributed by atoms with Gasteiger partial charge in [-0.2, -0.15) is 0 Å². The lowest BCUT2D eigenvalue weighted by Gasteiger charge is -2.19. The number of hydrogen-bond acceptors (Lipinski definition) is 3. The van der Waals surface area contributed by atoms with E-state index in [0.29, 0.717) is 11.4 Å². The Bertz CT molecular complexity index is 1170. The molecule has 0 aliphatic carbocycles. The van der Waals surface area contributed by atoms with E-state index >= 15 is 0 Å². The summed E-state index contributed by atoms with van der Waals surface area (Å²) in [6.07, 6.45) is 0. The molecule has 1 N–H and O–H groups in total. The molecule has 32 heavy (non-hydrogen) atoms. The Morgan fingerprint density at radius 3 is 2.12 bits per heavy atom. The van der Waals surface area contributed by atoms with Gasteiger partial charge in [0, 0.05) is 5.69 Å². The van der Waals surface area contributed by atoms with Crippen LogP contribution in [-0.4, -0.2) is 5.91 Å². The van der Waals surface area contributed by atoms with Crippen LogP contribution in [0.4, 0.5) is 5.69 Å². The highest BCUT2D eigenvalue weighted by Gasteiger charge is 2.14. The Kier molecular flexibility index (Phi) is 6.13. The van der Waals surface area contributed by atoms with Crippen LogP contribution < -0.4 is 10.1 Å². The average molecular weight is 426 g/mol. The minimum absolute atomic E-state index is 0.101. The van der Waals surface area contributed by atoms with E-state index in [1.807, 2.05) is 54.6 Å². The number of anilines is 1. The molecule has 0 saturated heterocycles. The van der Waals surface area contributed by atoms with Crippen molar-refractivity contribution >= 4 is 11.6 Å². The first kappa shape index (κ1) is 21.4. The lowest BCUT2D eigenvalue weighted by Crippen LogP contribution is -2.10. The monoisotopic (exact) mass is 425 g/mol. The van der Waals surface area contributed by atoms with Gasteiger partial charge in [0.15, 0.2) is 5.76 Å². The van der Waals surface area contributed by atoms with Gasteiger partial charge < -0.3 is 14.5 Å². The summed E-state index contributed by atoms with van der Waals surface area (Å²) in [5, 5.41) is 2.87. The predicted molar refractivity (Wildman–Crippen MR) is 128 cm³/mol. The van der Waals surface area contributed by atoms with Crippen LogP contribution in [0.3, 0.4) is 0 Å². The third kappa shape index (κ3) is 5.27. The Morgan fingerprint density at radius 1 is 0.812 bits per heavy atom. The fraction of sp³-hybridized carbons (Fsp3) is 0.179. The number of hydrogen-bond donors (Lipinski definition) is 1. The largest absolute Gasteiger partial charge is 0.486 e. The van der Waals surface area contributed by atoms with Crippen LogP contribution in [0.25, 0.3) is 11.1 Å². The van der Waals surface area contributed by atoms with Crippen molar-refractivity contribution in [2.24, 2.45) is 0 Å². The van der Waals surface area contributed by atoms with E-state index in [9.17, 15) is 4.79 Å². The van der Waals surface area contributed by atoms with Crippen LogP contribution in [0.2, 0.25) is 0 Å². The summed E-state index contributed by atoms with van der Waals surface area (Å²) in [5.74, 6) is 1.31. The zero-order chi connectivity index (χ0) is 22.6. The summed E-state index contributed by atoms with van der Waals surface area (Å²) in [6.45, 7) is 6.79. The van der Waals surface area contributed by atoms with Crippen molar-refractivity contribution in [2.75, 3.05) is 5.32 Å². The number of carbonyl (C=O) groups excluding carboxylic acids is 1. The maximum Gasteiger partial charge on any atom is 0.291 e. The van der Waals surface area contributed by atoms with Gasteiger partial charge in [-0.3, -0.25) is 4.79 Å². The van der Waals surface area contributed by atoms with E-state index in [2.05, 4.69) is 50.4 Å². The molecule has 0 atom stereocenters. The summed E-state index contributed by atoms with van der Waals surface area (Å²) < 4.78 is 11.5. The molecule has 0 fully saturated rings. The standard InChI is InChI=1S/C28H27NO3/c1-28(2,3)22-11-15-24(16-12-22)31-19-25-17-18-26(32-25)27(30)29-23-13-9-21(10-14-23)20-7-5-4-6-8-20/h4-18H,19H2,1-3H3,(H,29,30). The van der Waals surface area contributed by atoms with Crippen LogP contribution in [0.1, 0.15) is 42.6 Å². The van der Waals surface area contributed by atoms with E-state index in [4.69, 9.17) is 9.15 Å². The maximum atomic E-state index is 12.5. The second-order valence-electron chi connectivity index (χ2n) is 8.73. The highest BCUT2D eigenvalue weighted by atomic mass is 16.5. The molecular formula is C28H27NO3. The van der Waals surface area contributed by atoms with E-state index in [1.54, 1.807) is 12.1 Å². The van der Waals surface area contributed by atoms with Crippen LogP contribution in [0.15, 0.2) is 95.4 Å². The molecule has 0 spiro atoms. The van der Waals surface area contributed by atoms with Gasteiger partial charge in [-0.15, -0.1) is 0 Å². The van der Waals surface area contributed by atoms with Gasteiger partial charge in [0.05, 0.1) is 0 Å². The molecule has 4 heteroatoms. The SMILES string of the molecule is CC(C)(C)c1ccc(OCc2ccc(C(=O)Nc3ccc(-c4ccccc4)cc3)o2)cc1. The maximum absolute atomic E-state index is 12.5. The van der Waals surface area contributed by atoms with Gasteiger partial charge >= 0.3 is 0 Å². The molecule has 3 aromatic carbocycles. The van der Waals surface area contributed by atoms with E-state index in [0.717, 1.165) is 16.9 Å². The van der Waals surface area contributed by atoms with Crippen molar-refractivity contribution in [3.05, 3.63) is 108 Å². The fourth-order valence-electron chi connectivity index (χ4n) is 3.35. The minimum Gasteiger partial charge on any atom is -0.486 e. The summed E-state index contributed by atoms with van der Waals surface area (Å²) in [7, 11) is 0. The first-order valence-electron chi connectivity index (χ1n) is 10.7. The lowest BCUT2D eigenvalue weighted by molar-refractivity contribution is 0.0992. The first-order valence-corrected chi connectivity index (χ1v) is 10.7. The molecular weight excluding hydrogens is 398 g/mol. The third-order valence-electron chi connectivity index (χ3n) is 5.24. The van der Waals surface area contributed by atoms with Gasteiger partial charge in [0.25, 0.3) is 5.91 Å². The minimum atomic E-state index is -0.293. The van der Waals surface area contributed by atoms with Gasteiger partial charge in [-0.05, 0) is 58.5 Å². The topological polar surface area (TPSA) is 51.5 Å². The molecule has 0 aliphatic heterocycles.